The number of nitrogens with one attached hydrogen (secondary N) is 4. The molecule has 9 N–H and O–H groups in total. The molecule has 0 radical (unpaired) electrons. The van der Waals surface area contributed by atoms with Gasteiger partial charge >= 0.3 is 23.9 Å². The van der Waals surface area contributed by atoms with Crippen molar-refractivity contribution in [3.8, 4) is 0 Å². The Morgan fingerprint density at radius 2 is 0.927 bits per heavy atom. The van der Waals surface area contributed by atoms with E-state index in [2.05, 4.69) is 21.3 Å². The third kappa shape index (κ3) is 50.3. The second kappa shape index (κ2) is 54.8. The van der Waals surface area contributed by atoms with Crippen LogP contribution < -0.4 is 21.3 Å². The van der Waals surface area contributed by atoms with Gasteiger partial charge in [-0.2, -0.15) is 0 Å². The van der Waals surface area contributed by atoms with Crippen molar-refractivity contribution in [3.63, 3.8) is 0 Å². The summed E-state index contributed by atoms with van der Waals surface area (Å²) in [6.07, 6.45) is 19.5. The fraction of sp³-hybridized carbons (Fsp3) is 0.810. The van der Waals surface area contributed by atoms with Crippen molar-refractivity contribution in [3.05, 3.63) is 0 Å². The quantitative estimate of drug-likeness (QED) is 0.0321. The molecule has 4 atom stereocenters. The molecule has 0 unspecified atom stereocenters. The van der Waals surface area contributed by atoms with E-state index in [1.807, 2.05) is 13.8 Å². The van der Waals surface area contributed by atoms with Gasteiger partial charge in [0.05, 0.1) is 25.7 Å². The highest BCUT2D eigenvalue weighted by Gasteiger charge is 2.26. The first kappa shape index (κ1) is 78.6. The van der Waals surface area contributed by atoms with Gasteiger partial charge in [-0.05, 0) is 64.2 Å². The Balaban J connectivity index is 0. The molecule has 0 rings (SSSR count). The number of carboxylic acid groups (broad SMARTS) is 4. The molecule has 82 heavy (non-hydrogen) atoms. The van der Waals surface area contributed by atoms with Crippen LogP contribution in [0.3, 0.4) is 0 Å². The van der Waals surface area contributed by atoms with E-state index in [0.717, 1.165) is 51.4 Å². The summed E-state index contributed by atoms with van der Waals surface area (Å²) in [4.78, 5) is 129. The summed E-state index contributed by atoms with van der Waals surface area (Å²) in [5, 5.41) is 55.9. The summed E-state index contributed by atoms with van der Waals surface area (Å²) in [6.45, 7) is 5.00. The zero-order chi connectivity index (χ0) is 61.6. The monoisotopic (exact) mass is 1170 g/mol. The van der Waals surface area contributed by atoms with Crippen LogP contribution in [0.2, 0.25) is 0 Å². The standard InChI is InChI=1S/C31H53N3O13.C27H49NO7/c1-3-14-46-21-29(40)33-13-15-45-16-17-47-20-24(36)18-23(30(41)42)8-10-28(39)34-25(31(43)44)9-11-27(38)32-12-6-5-7-22(4-2)26(37)19-35;1-35-22-16-17-23(29)20-21-24(27(33)34)28-25(30)18-14-12-10-8-6-4-2-3-5-7-9-11-13-15-19-26(31)32/h22-23,25,35H,3-21H2,1-2H3,(H,32,38)(H,33,40)(H,34,39)(H,41,42)(H,43,44);24H,2-22H2,1H3,(H,28,30)(H,31,32)(H,33,34)/t22-,23+,25-;24-/m00/s1. The van der Waals surface area contributed by atoms with Crippen LogP contribution >= 0.6 is 0 Å². The van der Waals surface area contributed by atoms with Crippen LogP contribution in [0.4, 0.5) is 0 Å². The van der Waals surface area contributed by atoms with E-state index in [-0.39, 0.29) is 120 Å². The molecule has 4 amide bonds. The van der Waals surface area contributed by atoms with Crippen LogP contribution in [0.25, 0.3) is 0 Å². The lowest BCUT2D eigenvalue weighted by atomic mass is 9.95. The summed E-state index contributed by atoms with van der Waals surface area (Å²) >= 11 is 0. The summed E-state index contributed by atoms with van der Waals surface area (Å²) in [5.74, 6) is -8.18. The number of aliphatic carboxylic acids is 4. The van der Waals surface area contributed by atoms with Gasteiger partial charge in [-0.15, -0.1) is 0 Å². The zero-order valence-corrected chi connectivity index (χ0v) is 49.5. The molecular formula is C58H102N4O20. The molecule has 0 aromatic heterocycles. The van der Waals surface area contributed by atoms with Crippen LogP contribution in [0.1, 0.15) is 206 Å². The second-order valence-corrected chi connectivity index (χ2v) is 20.4. The van der Waals surface area contributed by atoms with Gasteiger partial charge in [-0.25, -0.2) is 9.59 Å². The Morgan fingerprint density at radius 1 is 0.415 bits per heavy atom. The van der Waals surface area contributed by atoms with Gasteiger partial charge < -0.3 is 65.7 Å². The summed E-state index contributed by atoms with van der Waals surface area (Å²) in [5.41, 5.74) is 0. The van der Waals surface area contributed by atoms with Crippen molar-refractivity contribution < 1.29 is 97.2 Å². The van der Waals surface area contributed by atoms with E-state index in [4.69, 9.17) is 29.2 Å². The number of methoxy groups -OCH3 is 1. The number of carbonyl (C=O) groups is 11. The molecule has 0 aliphatic carbocycles. The lowest BCUT2D eigenvalue weighted by molar-refractivity contribution is -0.145. The largest absolute Gasteiger partial charge is 0.481 e. The molecule has 0 saturated carbocycles. The minimum atomic E-state index is -1.36. The lowest BCUT2D eigenvalue weighted by Gasteiger charge is -2.16. The number of hydrogen-bond donors (Lipinski definition) is 9. The minimum Gasteiger partial charge on any atom is -0.481 e. The second-order valence-electron chi connectivity index (χ2n) is 20.4. The van der Waals surface area contributed by atoms with Crippen molar-refractivity contribution in [2.24, 2.45) is 11.8 Å². The van der Waals surface area contributed by atoms with Crippen molar-refractivity contribution in [2.45, 2.75) is 219 Å². The Labute approximate surface area is 485 Å². The van der Waals surface area contributed by atoms with Crippen molar-refractivity contribution in [2.75, 3.05) is 73.1 Å². The number of rotatable bonds is 57. The number of aliphatic hydroxyl groups excluding tert-OH is 1. The van der Waals surface area contributed by atoms with Crippen LogP contribution in [0.5, 0.6) is 0 Å². The van der Waals surface area contributed by atoms with E-state index in [0.29, 0.717) is 64.7 Å². The Hall–Kier alpha value is -5.43. The number of ketones is 3. The number of carboxylic acids is 4. The van der Waals surface area contributed by atoms with Crippen molar-refractivity contribution >= 4 is 64.9 Å². The number of Topliss-reactive ketones (excluding diaryl/α,β-unsaturated/α-hetero) is 3. The first-order valence-corrected chi connectivity index (χ1v) is 29.7. The van der Waals surface area contributed by atoms with Crippen LogP contribution in [-0.2, 0) is 71.7 Å². The SMILES string of the molecule is CCCOCC(=O)NCCOCCOCC(=O)C[C@@H](CCC(=O)N[C@@H](CCC(=O)NCCCC[C@H](CC)C(=O)CO)C(=O)O)C(=O)O.COCCCC(=O)CC[C@H](NC(=O)CCCCCCCCCCCCCCCCC(=O)O)C(=O)O. The number of amides is 4. The maximum absolute atomic E-state index is 12.4. The molecule has 0 fully saturated rings. The number of carbonyl (C=O) groups excluding carboxylic acids is 7. The molecule has 0 aromatic carbocycles. The number of ether oxygens (including phenoxy) is 4. The molecular weight excluding hydrogens is 1070 g/mol. The third-order valence-electron chi connectivity index (χ3n) is 13.2. The minimum absolute atomic E-state index is 0.00693. The Kier molecular flexibility index (Phi) is 52.6. The van der Waals surface area contributed by atoms with E-state index in [1.165, 1.54) is 44.9 Å². The Morgan fingerprint density at radius 3 is 1.45 bits per heavy atom. The van der Waals surface area contributed by atoms with Gasteiger partial charge in [0, 0.05) is 84.3 Å². The zero-order valence-electron chi connectivity index (χ0n) is 49.5. The summed E-state index contributed by atoms with van der Waals surface area (Å²) < 4.78 is 20.5. The van der Waals surface area contributed by atoms with Crippen LogP contribution in [-0.4, -0.2) is 176 Å². The summed E-state index contributed by atoms with van der Waals surface area (Å²) in [7, 11) is 1.57. The maximum atomic E-state index is 12.4. The third-order valence-corrected chi connectivity index (χ3v) is 13.2. The van der Waals surface area contributed by atoms with E-state index < -0.39 is 66.1 Å². The predicted octanol–water partition coefficient (Wildman–Crippen LogP) is 5.88. The van der Waals surface area contributed by atoms with Gasteiger partial charge in [0.25, 0.3) is 0 Å². The van der Waals surface area contributed by atoms with E-state index in [1.54, 1.807) is 7.11 Å². The molecule has 0 spiro atoms. The van der Waals surface area contributed by atoms with E-state index in [9.17, 15) is 68.1 Å². The van der Waals surface area contributed by atoms with Crippen LogP contribution in [0, 0.1) is 11.8 Å². The van der Waals surface area contributed by atoms with Gasteiger partial charge in [-0.1, -0.05) is 97.3 Å². The first-order chi connectivity index (χ1) is 39.3. The predicted molar refractivity (Wildman–Crippen MR) is 304 cm³/mol. The molecule has 0 aliphatic rings. The van der Waals surface area contributed by atoms with Gasteiger partial charge in [0.2, 0.25) is 23.6 Å². The van der Waals surface area contributed by atoms with Gasteiger partial charge in [0.1, 0.15) is 37.7 Å². The average Bonchev–Trinajstić information content (AvgIpc) is 3.43. The highest BCUT2D eigenvalue weighted by Crippen LogP contribution is 2.17. The average molecular weight is 1180 g/mol. The van der Waals surface area contributed by atoms with E-state index >= 15 is 0 Å². The maximum Gasteiger partial charge on any atom is 0.326 e. The Bertz CT molecular complexity index is 1800. The highest BCUT2D eigenvalue weighted by atomic mass is 16.5. The summed E-state index contributed by atoms with van der Waals surface area (Å²) in [6, 6.07) is -2.37. The molecule has 474 valence electrons. The van der Waals surface area contributed by atoms with Crippen molar-refractivity contribution in [1.29, 1.82) is 0 Å². The number of aliphatic hydroxyl groups is 1. The van der Waals surface area contributed by atoms with Gasteiger partial charge in [0.15, 0.2) is 11.6 Å². The van der Waals surface area contributed by atoms with Crippen molar-refractivity contribution in [1.82, 2.24) is 21.3 Å². The topological polar surface area (TPSA) is 374 Å². The smallest absolute Gasteiger partial charge is 0.326 e. The van der Waals surface area contributed by atoms with Crippen LogP contribution in [0.15, 0.2) is 0 Å². The highest BCUT2D eigenvalue weighted by molar-refractivity contribution is 5.87. The molecule has 0 aromatic rings. The number of unbranched alkanes of at least 4 members (excludes halogenated alkanes) is 14. The normalized spacial score (nSPS) is 12.4. The van der Waals surface area contributed by atoms with Gasteiger partial charge in [-0.3, -0.25) is 43.2 Å². The molecule has 0 bridgehead atoms. The molecule has 24 heteroatoms. The molecule has 24 nitrogen and oxygen atoms in total. The fourth-order valence-electron chi connectivity index (χ4n) is 8.38. The molecule has 0 heterocycles. The fourth-order valence-corrected chi connectivity index (χ4v) is 8.38. The lowest BCUT2D eigenvalue weighted by Crippen LogP contribution is -2.42. The number of hydrogen-bond acceptors (Lipinski definition) is 16. The molecule has 0 saturated heterocycles. The first-order valence-electron chi connectivity index (χ1n) is 29.7. The molecule has 0 aliphatic heterocycles.